The van der Waals surface area contributed by atoms with Gasteiger partial charge in [0.1, 0.15) is 5.75 Å². The third-order valence-electron chi connectivity index (χ3n) is 10.9. The molecule has 288 valence electrons. The van der Waals surface area contributed by atoms with E-state index in [-0.39, 0.29) is 41.1 Å². The minimum Gasteiger partial charge on any atom is -0.426 e. The zero-order valence-corrected chi connectivity index (χ0v) is 32.2. The standard InChI is InChI=1S/C38H55NO11P2/c1-4-29(30(5-2)31-16-10-11-17-33(31)49-36(41)22-18-26-12-6-7-13-26)28-19-20-34(50-38(42)25(3)27-14-8-9-15-27)32(24-28)39-35(40)21-23-37(51(43,44)45)52(46,47)48/h10-11,16-17,19-20,24-27,29-30,37H,4-9,12-15,18,21-23H2,1-3H3,(H,39,40)(H2,43,44,45)(H2,46,47,48). The molecule has 0 aromatic heterocycles. The van der Waals surface area contributed by atoms with Gasteiger partial charge in [0.15, 0.2) is 11.1 Å². The first-order chi connectivity index (χ1) is 24.6. The predicted octanol–water partition coefficient (Wildman–Crippen LogP) is 8.38. The molecule has 0 aliphatic heterocycles. The van der Waals surface area contributed by atoms with E-state index in [1.807, 2.05) is 45.0 Å². The monoisotopic (exact) mass is 763 g/mol. The molecule has 2 aliphatic rings. The van der Waals surface area contributed by atoms with Crippen LogP contribution < -0.4 is 14.8 Å². The quantitative estimate of drug-likeness (QED) is 0.0556. The van der Waals surface area contributed by atoms with Crippen LogP contribution in [0.4, 0.5) is 5.69 Å². The number of ether oxygens (including phenoxy) is 2. The van der Waals surface area contributed by atoms with Crippen molar-refractivity contribution in [2.24, 2.45) is 17.8 Å². The number of benzene rings is 2. The molecule has 0 saturated heterocycles. The lowest BCUT2D eigenvalue weighted by atomic mass is 9.78. The van der Waals surface area contributed by atoms with E-state index in [0.717, 1.165) is 56.1 Å². The summed E-state index contributed by atoms with van der Waals surface area (Å²) < 4.78 is 35.4. The summed E-state index contributed by atoms with van der Waals surface area (Å²) in [6.45, 7) is 5.91. The molecule has 2 aliphatic carbocycles. The summed E-state index contributed by atoms with van der Waals surface area (Å²) in [4.78, 5) is 77.6. The largest absolute Gasteiger partial charge is 0.426 e. The second-order valence-corrected chi connectivity index (χ2v) is 18.5. The van der Waals surface area contributed by atoms with Gasteiger partial charge in [0.25, 0.3) is 0 Å². The fraction of sp³-hybridized carbons (Fsp3) is 0.605. The van der Waals surface area contributed by atoms with Crippen molar-refractivity contribution in [3.05, 3.63) is 53.6 Å². The SMILES string of the molecule is CCC(c1ccc(OC(=O)C(C)C2CCCC2)c(NC(=O)CCC(P(=O)(O)O)P(=O)(O)O)c1)C(CC)c1ccccc1OC(=O)CCC1CCCC1. The first kappa shape index (κ1) is 41.9. The summed E-state index contributed by atoms with van der Waals surface area (Å²) in [5.41, 5.74) is 1.83. The van der Waals surface area contributed by atoms with E-state index in [1.165, 1.54) is 12.8 Å². The predicted molar refractivity (Wildman–Crippen MR) is 198 cm³/mol. The molecule has 1 amide bonds. The van der Waals surface area contributed by atoms with Crippen LogP contribution in [-0.2, 0) is 23.5 Å². The van der Waals surface area contributed by atoms with Crippen LogP contribution in [0.5, 0.6) is 11.5 Å². The van der Waals surface area contributed by atoms with Gasteiger partial charge in [-0.1, -0.05) is 83.6 Å². The van der Waals surface area contributed by atoms with Crippen molar-refractivity contribution in [2.45, 2.75) is 128 Å². The normalized spacial score (nSPS) is 17.5. The van der Waals surface area contributed by atoms with E-state index in [1.54, 1.807) is 18.2 Å². The van der Waals surface area contributed by atoms with E-state index >= 15 is 0 Å². The second kappa shape index (κ2) is 19.0. The minimum absolute atomic E-state index is 0.0907. The molecule has 3 atom stereocenters. The van der Waals surface area contributed by atoms with Crippen LogP contribution in [0.15, 0.2) is 42.5 Å². The Bertz CT molecular complexity index is 1600. The summed E-state index contributed by atoms with van der Waals surface area (Å²) in [5.74, 6) is -0.716. The summed E-state index contributed by atoms with van der Waals surface area (Å²) >= 11 is 0. The summed E-state index contributed by atoms with van der Waals surface area (Å²) in [7, 11) is -10.4. The van der Waals surface area contributed by atoms with Crippen molar-refractivity contribution >= 4 is 38.7 Å². The molecule has 0 radical (unpaired) electrons. The highest BCUT2D eigenvalue weighted by Crippen LogP contribution is 2.61. The topological polar surface area (TPSA) is 197 Å². The zero-order chi connectivity index (χ0) is 38.1. The van der Waals surface area contributed by atoms with Gasteiger partial charge >= 0.3 is 27.1 Å². The van der Waals surface area contributed by atoms with Crippen LogP contribution >= 0.6 is 15.2 Å². The van der Waals surface area contributed by atoms with Crippen molar-refractivity contribution in [1.29, 1.82) is 0 Å². The Morgan fingerprint density at radius 1 is 0.808 bits per heavy atom. The number of hydrogen-bond donors (Lipinski definition) is 5. The van der Waals surface area contributed by atoms with E-state index in [2.05, 4.69) is 5.32 Å². The lowest BCUT2D eigenvalue weighted by Crippen LogP contribution is -2.25. The summed E-state index contributed by atoms with van der Waals surface area (Å²) in [5, 5.41) is 0.356. The third-order valence-corrected chi connectivity index (χ3v) is 14.8. The van der Waals surface area contributed by atoms with Gasteiger partial charge in [0.05, 0.1) is 11.6 Å². The number of carbonyl (C=O) groups excluding carboxylic acids is 3. The third kappa shape index (κ3) is 11.6. The first-order valence-electron chi connectivity index (χ1n) is 18.7. The molecule has 0 bridgehead atoms. The fourth-order valence-electron chi connectivity index (χ4n) is 7.97. The Balaban J connectivity index is 1.61. The molecular weight excluding hydrogens is 708 g/mol. The van der Waals surface area contributed by atoms with E-state index in [4.69, 9.17) is 9.47 Å². The maximum atomic E-state index is 13.3. The van der Waals surface area contributed by atoms with Crippen molar-refractivity contribution in [2.75, 3.05) is 5.32 Å². The van der Waals surface area contributed by atoms with Crippen molar-refractivity contribution < 1.29 is 52.6 Å². The smallest absolute Gasteiger partial charge is 0.340 e. The maximum Gasteiger partial charge on any atom is 0.340 e. The van der Waals surface area contributed by atoms with Crippen molar-refractivity contribution in [3.63, 3.8) is 0 Å². The van der Waals surface area contributed by atoms with E-state index < -0.39 is 45.3 Å². The van der Waals surface area contributed by atoms with Gasteiger partial charge in [-0.15, -0.1) is 0 Å². The van der Waals surface area contributed by atoms with Gasteiger partial charge in [-0.05, 0) is 91.5 Å². The fourth-order valence-corrected chi connectivity index (χ4v) is 10.5. The Labute approximate surface area is 306 Å². The van der Waals surface area contributed by atoms with Crippen LogP contribution in [0, 0.1) is 17.8 Å². The van der Waals surface area contributed by atoms with Crippen molar-refractivity contribution in [3.8, 4) is 11.5 Å². The lowest BCUT2D eigenvalue weighted by molar-refractivity contribution is -0.140. The average Bonchev–Trinajstić information content (AvgIpc) is 3.81. The molecule has 5 N–H and O–H groups in total. The Morgan fingerprint density at radius 2 is 1.42 bits per heavy atom. The van der Waals surface area contributed by atoms with Gasteiger partial charge in [-0.2, -0.15) is 0 Å². The molecule has 12 nitrogen and oxygen atoms in total. The zero-order valence-electron chi connectivity index (χ0n) is 30.4. The van der Waals surface area contributed by atoms with Crippen LogP contribution in [0.25, 0.3) is 0 Å². The molecule has 52 heavy (non-hydrogen) atoms. The minimum atomic E-state index is -5.22. The van der Waals surface area contributed by atoms with Crippen LogP contribution in [0.2, 0.25) is 0 Å². The molecule has 4 rings (SSSR count). The number of anilines is 1. The van der Waals surface area contributed by atoms with Crippen LogP contribution in [0.1, 0.15) is 134 Å². The van der Waals surface area contributed by atoms with Crippen LogP contribution in [-0.4, -0.2) is 42.8 Å². The molecule has 14 heteroatoms. The summed E-state index contributed by atoms with van der Waals surface area (Å²) in [6, 6.07) is 12.7. The van der Waals surface area contributed by atoms with E-state index in [0.29, 0.717) is 30.9 Å². The van der Waals surface area contributed by atoms with Gasteiger partial charge in [0, 0.05) is 12.8 Å². The number of nitrogens with one attached hydrogen (secondary N) is 1. The Kier molecular flexibility index (Phi) is 15.3. The van der Waals surface area contributed by atoms with Gasteiger partial charge in [0.2, 0.25) is 5.91 Å². The molecule has 2 saturated carbocycles. The van der Waals surface area contributed by atoms with Crippen molar-refractivity contribution in [1.82, 2.24) is 0 Å². The maximum absolute atomic E-state index is 13.3. The van der Waals surface area contributed by atoms with Gasteiger partial charge in [-0.25, -0.2) is 0 Å². The lowest BCUT2D eigenvalue weighted by Gasteiger charge is -2.28. The second-order valence-electron chi connectivity index (χ2n) is 14.5. The molecular formula is C38H55NO11P2. The molecule has 2 aromatic carbocycles. The Hall–Kier alpha value is -2.85. The highest BCUT2D eigenvalue weighted by molar-refractivity contribution is 7.70. The average molecular weight is 764 g/mol. The Morgan fingerprint density at radius 3 is 2.04 bits per heavy atom. The molecule has 2 aromatic rings. The molecule has 0 spiro atoms. The molecule has 2 fully saturated rings. The van der Waals surface area contributed by atoms with Gasteiger partial charge < -0.3 is 34.4 Å². The number of hydrogen-bond acceptors (Lipinski definition) is 7. The number of rotatable bonds is 18. The highest BCUT2D eigenvalue weighted by atomic mass is 31.2. The molecule has 3 unspecified atom stereocenters. The van der Waals surface area contributed by atoms with Crippen LogP contribution in [0.3, 0.4) is 0 Å². The number of carbonyl (C=O) groups is 3. The first-order valence-corrected chi connectivity index (χ1v) is 22.0. The molecule has 0 heterocycles. The van der Waals surface area contributed by atoms with E-state index in [9.17, 15) is 43.1 Å². The number of amides is 1. The summed E-state index contributed by atoms with van der Waals surface area (Å²) in [6.07, 6.45) is 9.83. The van der Waals surface area contributed by atoms with Gasteiger partial charge in [-0.3, -0.25) is 23.5 Å². The number of para-hydroxylation sites is 1. The highest BCUT2D eigenvalue weighted by Gasteiger charge is 2.43. The number of esters is 2.